The fraction of sp³-hybridized carbons (Fsp3) is 0.538. The van der Waals surface area contributed by atoms with Gasteiger partial charge in [0.2, 0.25) is 0 Å². The molecule has 1 aliphatic rings. The number of benzene rings is 1. The van der Waals surface area contributed by atoms with Gasteiger partial charge in [-0.3, -0.25) is 4.90 Å². The molecular formula is C13H19FN2O3. The zero-order valence-electron chi connectivity index (χ0n) is 11.1. The minimum Gasteiger partial charge on any atom is -0.504 e. The van der Waals surface area contributed by atoms with Crippen LogP contribution in [-0.2, 0) is 0 Å². The molecule has 0 bridgehead atoms. The molecule has 4 N–H and O–H groups in total. The van der Waals surface area contributed by atoms with Crippen LogP contribution in [0.1, 0.15) is 18.0 Å². The average molecular weight is 270 g/mol. The van der Waals surface area contributed by atoms with E-state index in [1.165, 1.54) is 7.11 Å². The topological polar surface area (TPSA) is 78.9 Å². The van der Waals surface area contributed by atoms with Crippen LogP contribution in [0.2, 0.25) is 0 Å². The number of hydrogen-bond acceptors (Lipinski definition) is 5. The Bertz CT molecular complexity index is 481. The van der Waals surface area contributed by atoms with Crippen LogP contribution >= 0.6 is 0 Å². The summed E-state index contributed by atoms with van der Waals surface area (Å²) < 4.78 is 19.2. The highest BCUT2D eigenvalue weighted by Gasteiger charge is 2.35. The number of likely N-dealkylation sites (tertiary alicyclic amines) is 1. The second-order valence-corrected chi connectivity index (χ2v) is 4.97. The summed E-state index contributed by atoms with van der Waals surface area (Å²) in [5.74, 6) is -1.25. The average Bonchev–Trinajstić information content (AvgIpc) is 2.76. The molecule has 1 aromatic rings. The van der Waals surface area contributed by atoms with Gasteiger partial charge >= 0.3 is 0 Å². The third kappa shape index (κ3) is 2.33. The van der Waals surface area contributed by atoms with Gasteiger partial charge in [-0.2, -0.15) is 0 Å². The second-order valence-electron chi connectivity index (χ2n) is 4.97. The lowest BCUT2D eigenvalue weighted by Crippen LogP contribution is -2.21. The molecule has 19 heavy (non-hydrogen) atoms. The molecule has 1 aliphatic heterocycles. The summed E-state index contributed by atoms with van der Waals surface area (Å²) in [6, 6.07) is 0.762. The van der Waals surface area contributed by atoms with Crippen molar-refractivity contribution in [1.29, 1.82) is 0 Å². The standard InChI is InChI=1S/C13H19FN2O3/c1-16-6-7(5-15)3-8(16)11-12(14)10(19-2)4-9(17)13(11)18/h4,7-8,17-18H,3,5-6,15H2,1-2H3. The first-order chi connectivity index (χ1) is 8.99. The lowest BCUT2D eigenvalue weighted by molar-refractivity contribution is 0.287. The highest BCUT2D eigenvalue weighted by atomic mass is 19.1. The lowest BCUT2D eigenvalue weighted by Gasteiger charge is -2.22. The van der Waals surface area contributed by atoms with Crippen LogP contribution in [-0.4, -0.2) is 42.4 Å². The van der Waals surface area contributed by atoms with E-state index in [9.17, 15) is 14.6 Å². The number of phenolic OH excluding ortho intramolecular Hbond substituents is 2. The summed E-state index contributed by atoms with van der Waals surface area (Å²) >= 11 is 0. The molecule has 106 valence electrons. The first-order valence-electron chi connectivity index (χ1n) is 6.18. The van der Waals surface area contributed by atoms with Crippen molar-refractivity contribution in [2.45, 2.75) is 12.5 Å². The highest BCUT2D eigenvalue weighted by Crippen LogP contribution is 2.45. The van der Waals surface area contributed by atoms with E-state index < -0.39 is 11.6 Å². The van der Waals surface area contributed by atoms with Gasteiger partial charge in [-0.05, 0) is 25.9 Å². The minimum absolute atomic E-state index is 0.0742. The van der Waals surface area contributed by atoms with Crippen molar-refractivity contribution in [3.8, 4) is 17.2 Å². The summed E-state index contributed by atoms with van der Waals surface area (Å²) in [6.45, 7) is 1.25. The summed E-state index contributed by atoms with van der Waals surface area (Å²) in [4.78, 5) is 1.93. The Balaban J connectivity index is 2.47. The first kappa shape index (κ1) is 13.9. The molecule has 2 atom stereocenters. The first-order valence-corrected chi connectivity index (χ1v) is 6.18. The van der Waals surface area contributed by atoms with Crippen LogP contribution in [0.3, 0.4) is 0 Å². The van der Waals surface area contributed by atoms with Gasteiger partial charge in [0.15, 0.2) is 23.1 Å². The molecule has 2 rings (SSSR count). The normalized spacial score (nSPS) is 23.8. The van der Waals surface area contributed by atoms with Crippen molar-refractivity contribution in [2.75, 3.05) is 27.2 Å². The maximum atomic E-state index is 14.3. The molecule has 0 amide bonds. The van der Waals surface area contributed by atoms with Crippen molar-refractivity contribution in [3.63, 3.8) is 0 Å². The Hall–Kier alpha value is -1.53. The Morgan fingerprint density at radius 1 is 1.53 bits per heavy atom. The number of aromatic hydroxyl groups is 2. The van der Waals surface area contributed by atoms with Gasteiger partial charge in [-0.15, -0.1) is 0 Å². The molecule has 6 heteroatoms. The number of nitrogens with zero attached hydrogens (tertiary/aromatic N) is 1. The maximum absolute atomic E-state index is 14.3. The van der Waals surface area contributed by atoms with Gasteiger partial charge < -0.3 is 20.7 Å². The fourth-order valence-electron chi connectivity index (χ4n) is 2.70. The van der Waals surface area contributed by atoms with Crippen LogP contribution in [0.4, 0.5) is 4.39 Å². The van der Waals surface area contributed by atoms with Crippen LogP contribution < -0.4 is 10.5 Å². The van der Waals surface area contributed by atoms with Crippen molar-refractivity contribution in [3.05, 3.63) is 17.4 Å². The fourth-order valence-corrected chi connectivity index (χ4v) is 2.70. The molecule has 5 nitrogen and oxygen atoms in total. The Morgan fingerprint density at radius 2 is 2.21 bits per heavy atom. The van der Waals surface area contributed by atoms with Gasteiger partial charge in [-0.25, -0.2) is 4.39 Å². The summed E-state index contributed by atoms with van der Waals surface area (Å²) in [5, 5.41) is 19.6. The maximum Gasteiger partial charge on any atom is 0.173 e. The SMILES string of the molecule is COc1cc(O)c(O)c(C2CC(CN)CN2C)c1F. The molecule has 2 unspecified atom stereocenters. The number of phenols is 2. The van der Waals surface area contributed by atoms with Crippen molar-refractivity contribution in [1.82, 2.24) is 4.90 Å². The van der Waals surface area contributed by atoms with E-state index in [0.29, 0.717) is 13.0 Å². The van der Waals surface area contributed by atoms with Crippen LogP contribution in [0, 0.1) is 11.7 Å². The number of nitrogens with two attached hydrogens (primary N) is 1. The van der Waals surface area contributed by atoms with E-state index in [2.05, 4.69) is 0 Å². The van der Waals surface area contributed by atoms with Crippen molar-refractivity contribution in [2.24, 2.45) is 11.7 Å². The number of ether oxygens (including phenoxy) is 1. The van der Waals surface area contributed by atoms with E-state index in [0.717, 1.165) is 12.6 Å². The quantitative estimate of drug-likeness (QED) is 0.719. The van der Waals surface area contributed by atoms with Crippen molar-refractivity contribution < 1.29 is 19.3 Å². The zero-order valence-corrected chi connectivity index (χ0v) is 11.1. The molecule has 1 fully saturated rings. The predicted molar refractivity (Wildman–Crippen MR) is 68.8 cm³/mol. The van der Waals surface area contributed by atoms with E-state index in [4.69, 9.17) is 10.5 Å². The number of rotatable bonds is 3. The minimum atomic E-state index is -0.632. The van der Waals surface area contributed by atoms with Gasteiger partial charge in [0.1, 0.15) is 0 Å². The summed E-state index contributed by atoms with van der Waals surface area (Å²) in [5.41, 5.74) is 5.72. The van der Waals surface area contributed by atoms with Crippen molar-refractivity contribution >= 4 is 0 Å². The molecule has 0 aromatic heterocycles. The molecule has 1 saturated heterocycles. The van der Waals surface area contributed by atoms with Gasteiger partial charge in [0, 0.05) is 18.7 Å². The van der Waals surface area contributed by atoms with E-state index in [-0.39, 0.29) is 29.0 Å². The lowest BCUT2D eigenvalue weighted by atomic mass is 9.98. The molecular weight excluding hydrogens is 251 g/mol. The Labute approximate surface area is 111 Å². The van der Waals surface area contributed by atoms with E-state index >= 15 is 0 Å². The van der Waals surface area contributed by atoms with Gasteiger partial charge in [-0.1, -0.05) is 0 Å². The molecule has 0 aliphatic carbocycles. The van der Waals surface area contributed by atoms with E-state index in [1.807, 2.05) is 11.9 Å². The smallest absolute Gasteiger partial charge is 0.173 e. The third-order valence-corrected chi connectivity index (χ3v) is 3.74. The number of methoxy groups -OCH3 is 1. The summed E-state index contributed by atoms with van der Waals surface area (Å²) in [7, 11) is 3.16. The number of hydrogen-bond donors (Lipinski definition) is 3. The molecule has 0 saturated carbocycles. The largest absolute Gasteiger partial charge is 0.504 e. The Morgan fingerprint density at radius 3 is 2.74 bits per heavy atom. The van der Waals surface area contributed by atoms with Crippen LogP contribution in [0.15, 0.2) is 6.07 Å². The van der Waals surface area contributed by atoms with Gasteiger partial charge in [0.05, 0.1) is 12.7 Å². The third-order valence-electron chi connectivity index (χ3n) is 3.74. The Kier molecular flexibility index (Phi) is 3.82. The molecule has 1 heterocycles. The summed E-state index contributed by atoms with van der Waals surface area (Å²) in [6.07, 6.45) is 0.643. The van der Waals surface area contributed by atoms with E-state index in [1.54, 1.807) is 0 Å². The number of halogens is 1. The second kappa shape index (κ2) is 5.22. The monoisotopic (exact) mass is 270 g/mol. The molecule has 0 radical (unpaired) electrons. The van der Waals surface area contributed by atoms with Crippen LogP contribution in [0.25, 0.3) is 0 Å². The van der Waals surface area contributed by atoms with Gasteiger partial charge in [0.25, 0.3) is 0 Å². The van der Waals surface area contributed by atoms with Crippen LogP contribution in [0.5, 0.6) is 17.2 Å². The predicted octanol–water partition coefficient (Wildman–Crippen LogP) is 1.20. The molecule has 1 aromatic carbocycles. The zero-order chi connectivity index (χ0) is 14.2. The highest BCUT2D eigenvalue weighted by molar-refractivity contribution is 5.52. The molecule has 0 spiro atoms.